The number of hydrogen-bond acceptors (Lipinski definition) is 8. The Balaban J connectivity index is 1.49. The molecule has 4 aromatic rings. The molecule has 0 bridgehead atoms. The molecule has 0 aromatic carbocycles. The molecule has 0 spiro atoms. The zero-order valence-electron chi connectivity index (χ0n) is 19.2. The summed E-state index contributed by atoms with van der Waals surface area (Å²) in [7, 11) is 2.08. The zero-order valence-corrected chi connectivity index (χ0v) is 20.8. The Bertz CT molecular complexity index is 1300. The first-order chi connectivity index (χ1) is 16.4. The van der Waals surface area contributed by atoms with Gasteiger partial charge in [-0.15, -0.1) is 0 Å². The lowest BCUT2D eigenvalue weighted by Crippen LogP contribution is -2.50. The summed E-state index contributed by atoms with van der Waals surface area (Å²) in [6.07, 6.45) is 6.47. The van der Waals surface area contributed by atoms with Gasteiger partial charge in [-0.1, -0.05) is 36.8 Å². The molecule has 1 amide bonds. The van der Waals surface area contributed by atoms with Gasteiger partial charge in [-0.3, -0.25) is 14.9 Å². The van der Waals surface area contributed by atoms with Crippen molar-refractivity contribution in [2.45, 2.75) is 38.8 Å². The van der Waals surface area contributed by atoms with Crippen LogP contribution in [0, 0.1) is 5.92 Å². The highest BCUT2D eigenvalue weighted by molar-refractivity contribution is 7.17. The van der Waals surface area contributed by atoms with Crippen molar-refractivity contribution in [1.82, 2.24) is 44.9 Å². The molecule has 34 heavy (non-hydrogen) atoms. The Morgan fingerprint density at radius 1 is 1.29 bits per heavy atom. The number of pyridine rings is 1. The number of likely N-dealkylation sites (N-methyl/N-ethyl adjacent to an activating group) is 1. The predicted octanol–water partition coefficient (Wildman–Crippen LogP) is 3.20. The number of aromatic nitrogens is 7. The third-order valence-corrected chi connectivity index (χ3v) is 6.98. The minimum Gasteiger partial charge on any atom is -0.346 e. The van der Waals surface area contributed by atoms with E-state index in [0.717, 1.165) is 42.8 Å². The Morgan fingerprint density at radius 2 is 2.15 bits per heavy atom. The number of amides is 1. The molecular weight excluding hydrogens is 474 g/mol. The molecule has 0 radical (unpaired) electrons. The van der Waals surface area contributed by atoms with E-state index in [2.05, 4.69) is 60.8 Å². The summed E-state index contributed by atoms with van der Waals surface area (Å²) in [6, 6.07) is 2.11. The number of carbonyl (C=O) groups is 1. The largest absolute Gasteiger partial charge is 0.346 e. The third kappa shape index (κ3) is 4.68. The molecule has 1 saturated heterocycles. The lowest BCUT2D eigenvalue weighted by molar-refractivity contribution is 0.0892. The van der Waals surface area contributed by atoms with E-state index in [4.69, 9.17) is 16.6 Å². The molecule has 0 unspecified atom stereocenters. The highest BCUT2D eigenvalue weighted by atomic mass is 35.5. The summed E-state index contributed by atoms with van der Waals surface area (Å²) in [5.41, 5.74) is 2.55. The summed E-state index contributed by atoms with van der Waals surface area (Å²) in [5, 5.41) is 10.5. The number of nitrogens with one attached hydrogen (secondary N) is 2. The molecule has 12 heteroatoms. The van der Waals surface area contributed by atoms with Gasteiger partial charge in [0.1, 0.15) is 27.7 Å². The van der Waals surface area contributed by atoms with Gasteiger partial charge < -0.3 is 14.8 Å². The molecule has 2 N–H and O–H groups in total. The van der Waals surface area contributed by atoms with Gasteiger partial charge >= 0.3 is 0 Å². The standard InChI is InChI=1S/C22H26ClN9OS/c1-12(2)4-19-29-16-7-24-15(20-26-11-27-30-20)6-17(16)32(19)14-5-13(9-31(3)10-14)28-21(33)22-25-8-18(23)34-22/h6-8,11-14H,4-5,9-10H2,1-3H3,(H,28,33)(H,26,27,30)/t13-,14+/m1/s1. The molecule has 5 rings (SSSR count). The first-order valence-corrected chi connectivity index (χ1v) is 12.4. The number of likely N-dealkylation sites (tertiary alicyclic amines) is 1. The SMILES string of the molecule is CC(C)Cc1nc2cnc(-c3nc[nH]n3)cc2n1[C@H]1C[C@@H](NC(=O)c2ncc(Cl)s2)CN(C)C1. The molecule has 4 aromatic heterocycles. The first kappa shape index (κ1) is 22.9. The van der Waals surface area contributed by atoms with E-state index in [1.54, 1.807) is 12.5 Å². The second-order valence-electron chi connectivity index (χ2n) is 9.13. The maximum Gasteiger partial charge on any atom is 0.280 e. The molecule has 1 aliphatic heterocycles. The maximum atomic E-state index is 12.7. The molecule has 0 aliphatic carbocycles. The van der Waals surface area contributed by atoms with Crippen molar-refractivity contribution in [3.8, 4) is 11.5 Å². The molecule has 5 heterocycles. The van der Waals surface area contributed by atoms with Gasteiger partial charge in [0, 0.05) is 25.6 Å². The van der Waals surface area contributed by atoms with Crippen LogP contribution in [0.2, 0.25) is 4.34 Å². The molecule has 1 fully saturated rings. The molecule has 0 saturated carbocycles. The van der Waals surface area contributed by atoms with Gasteiger partial charge in [0.05, 0.1) is 24.0 Å². The van der Waals surface area contributed by atoms with Crippen LogP contribution in [0.15, 0.2) is 24.8 Å². The Morgan fingerprint density at radius 3 is 2.85 bits per heavy atom. The number of imidazole rings is 1. The molecule has 10 nitrogen and oxygen atoms in total. The van der Waals surface area contributed by atoms with Crippen LogP contribution in [0.25, 0.3) is 22.6 Å². The van der Waals surface area contributed by atoms with Crippen molar-refractivity contribution in [3.05, 3.63) is 40.0 Å². The van der Waals surface area contributed by atoms with Crippen LogP contribution >= 0.6 is 22.9 Å². The first-order valence-electron chi connectivity index (χ1n) is 11.2. The van der Waals surface area contributed by atoms with E-state index >= 15 is 0 Å². The normalized spacial score (nSPS) is 19.2. The van der Waals surface area contributed by atoms with Crippen molar-refractivity contribution >= 4 is 39.9 Å². The third-order valence-electron chi connectivity index (χ3n) is 5.87. The van der Waals surface area contributed by atoms with Gasteiger partial charge in [0.2, 0.25) is 0 Å². The lowest BCUT2D eigenvalue weighted by atomic mass is 10.00. The van der Waals surface area contributed by atoms with E-state index in [-0.39, 0.29) is 18.0 Å². The highest BCUT2D eigenvalue weighted by Gasteiger charge is 2.31. The van der Waals surface area contributed by atoms with Gasteiger partial charge in [-0.25, -0.2) is 15.0 Å². The van der Waals surface area contributed by atoms with Crippen LogP contribution in [0.3, 0.4) is 0 Å². The molecule has 2 atom stereocenters. The fourth-order valence-electron chi connectivity index (χ4n) is 4.61. The van der Waals surface area contributed by atoms with Crippen LogP contribution in [-0.4, -0.2) is 71.7 Å². The van der Waals surface area contributed by atoms with Gasteiger partial charge in [-0.05, 0) is 25.5 Å². The number of hydrogen-bond donors (Lipinski definition) is 2. The van der Waals surface area contributed by atoms with Crippen molar-refractivity contribution in [2.24, 2.45) is 5.92 Å². The van der Waals surface area contributed by atoms with Crippen LogP contribution in [0.5, 0.6) is 0 Å². The zero-order chi connectivity index (χ0) is 23.8. The van der Waals surface area contributed by atoms with E-state index in [1.807, 2.05) is 6.07 Å². The van der Waals surface area contributed by atoms with E-state index in [0.29, 0.717) is 26.8 Å². The molecular formula is C22H26ClN9OS. The Labute approximate surface area is 205 Å². The van der Waals surface area contributed by atoms with Crippen LogP contribution in [0.1, 0.15) is 41.9 Å². The summed E-state index contributed by atoms with van der Waals surface area (Å²) in [5.74, 6) is 1.83. The fraction of sp³-hybridized carbons (Fsp3) is 0.455. The van der Waals surface area contributed by atoms with Crippen molar-refractivity contribution in [3.63, 3.8) is 0 Å². The number of nitrogens with zero attached hydrogens (tertiary/aromatic N) is 7. The van der Waals surface area contributed by atoms with Crippen molar-refractivity contribution < 1.29 is 4.79 Å². The van der Waals surface area contributed by atoms with Gasteiger partial charge in [0.15, 0.2) is 10.8 Å². The number of aromatic amines is 1. The van der Waals surface area contributed by atoms with Gasteiger partial charge in [0.25, 0.3) is 5.91 Å². The number of fused-ring (bicyclic) bond motifs is 1. The van der Waals surface area contributed by atoms with Crippen LogP contribution < -0.4 is 5.32 Å². The second kappa shape index (κ2) is 9.40. The monoisotopic (exact) mass is 499 g/mol. The summed E-state index contributed by atoms with van der Waals surface area (Å²) in [6.45, 7) is 5.99. The second-order valence-corrected chi connectivity index (χ2v) is 10.8. The van der Waals surface area contributed by atoms with Gasteiger partial charge in [-0.2, -0.15) is 5.10 Å². The number of thiazole rings is 1. The molecule has 178 valence electrons. The number of H-pyrrole nitrogens is 1. The smallest absolute Gasteiger partial charge is 0.280 e. The summed E-state index contributed by atoms with van der Waals surface area (Å²) < 4.78 is 2.82. The minimum absolute atomic E-state index is 0.0300. The number of halogens is 1. The topological polar surface area (TPSA) is 118 Å². The van der Waals surface area contributed by atoms with E-state index < -0.39 is 0 Å². The van der Waals surface area contributed by atoms with Crippen molar-refractivity contribution in [1.29, 1.82) is 0 Å². The summed E-state index contributed by atoms with van der Waals surface area (Å²) >= 11 is 7.15. The number of rotatable bonds is 6. The van der Waals surface area contributed by atoms with E-state index in [1.165, 1.54) is 17.5 Å². The highest BCUT2D eigenvalue weighted by Crippen LogP contribution is 2.30. The average Bonchev–Trinajstić information content (AvgIpc) is 3.52. The Hall–Kier alpha value is -2.89. The van der Waals surface area contributed by atoms with Crippen LogP contribution in [0.4, 0.5) is 0 Å². The Kier molecular flexibility index (Phi) is 6.32. The average molecular weight is 500 g/mol. The number of carbonyl (C=O) groups excluding carboxylic acids is 1. The molecule has 1 aliphatic rings. The summed E-state index contributed by atoms with van der Waals surface area (Å²) in [4.78, 5) is 32.8. The van der Waals surface area contributed by atoms with E-state index in [9.17, 15) is 4.79 Å². The predicted molar refractivity (Wildman–Crippen MR) is 131 cm³/mol. The van der Waals surface area contributed by atoms with Crippen LogP contribution in [-0.2, 0) is 6.42 Å². The lowest BCUT2D eigenvalue weighted by Gasteiger charge is -2.37. The van der Waals surface area contributed by atoms with Crippen molar-refractivity contribution in [2.75, 3.05) is 20.1 Å². The number of piperidine rings is 1. The minimum atomic E-state index is -0.190. The quantitative estimate of drug-likeness (QED) is 0.418. The maximum absolute atomic E-state index is 12.7. The fourth-order valence-corrected chi connectivity index (χ4v) is 5.42.